The van der Waals surface area contributed by atoms with E-state index in [1.807, 2.05) is 13.8 Å². The Bertz CT molecular complexity index is 103. The van der Waals surface area contributed by atoms with Crippen LogP contribution in [0.4, 0.5) is 0 Å². The molecule has 1 saturated heterocycles. The van der Waals surface area contributed by atoms with Gasteiger partial charge in [-0.2, -0.15) is 0 Å². The van der Waals surface area contributed by atoms with E-state index < -0.39 is 0 Å². The predicted octanol–water partition coefficient (Wildman–Crippen LogP) is -1.96. The Balaban J connectivity index is 0. The monoisotopic (exact) mass is 276 g/mol. The standard InChI is InChI=1S/C5H9N2O.C2H6.Cs/c6-5(8)4-2-1-3-7-4;1-2;/h4H,1-3H2,(H2,6,8);1-2H3;/q-1;;+1. The van der Waals surface area contributed by atoms with Gasteiger partial charge in [0, 0.05) is 0 Å². The molecular formula is C7H15CsN2O. The van der Waals surface area contributed by atoms with Crippen LogP contribution in [-0.4, -0.2) is 18.5 Å². The van der Waals surface area contributed by atoms with Crippen molar-refractivity contribution in [2.75, 3.05) is 6.54 Å². The summed E-state index contributed by atoms with van der Waals surface area (Å²) in [6.07, 6.45) is 1.88. The van der Waals surface area contributed by atoms with Gasteiger partial charge in [0.25, 0.3) is 0 Å². The number of carbonyl (C=O) groups is 1. The molecule has 0 aromatic carbocycles. The number of nitrogens with zero attached hydrogens (tertiary/aromatic N) is 1. The van der Waals surface area contributed by atoms with Gasteiger partial charge >= 0.3 is 68.9 Å². The first-order chi connectivity index (χ1) is 4.80. The maximum atomic E-state index is 10.3. The Labute approximate surface area is 127 Å². The maximum Gasteiger partial charge on any atom is 1.00 e. The van der Waals surface area contributed by atoms with Gasteiger partial charge in [0.05, 0.1) is 0 Å². The third-order valence-corrected chi connectivity index (χ3v) is 1.31. The molecule has 11 heavy (non-hydrogen) atoms. The summed E-state index contributed by atoms with van der Waals surface area (Å²) in [6, 6.07) is -0.171. The summed E-state index contributed by atoms with van der Waals surface area (Å²) < 4.78 is 0. The van der Waals surface area contributed by atoms with Crippen LogP contribution in [-0.2, 0) is 4.79 Å². The van der Waals surface area contributed by atoms with Crippen molar-refractivity contribution in [2.45, 2.75) is 32.7 Å². The molecule has 1 amide bonds. The Morgan fingerprint density at radius 1 is 1.55 bits per heavy atom. The van der Waals surface area contributed by atoms with Gasteiger partial charge in [-0.3, -0.25) is 4.79 Å². The zero-order valence-electron chi connectivity index (χ0n) is 7.63. The van der Waals surface area contributed by atoms with Gasteiger partial charge in [-0.1, -0.05) is 32.7 Å². The Morgan fingerprint density at radius 2 is 2.09 bits per heavy atom. The molecule has 1 aliphatic heterocycles. The van der Waals surface area contributed by atoms with Gasteiger partial charge < -0.3 is 11.1 Å². The van der Waals surface area contributed by atoms with Crippen molar-refractivity contribution in [1.82, 2.24) is 0 Å². The van der Waals surface area contributed by atoms with Crippen LogP contribution in [0.3, 0.4) is 0 Å². The molecule has 1 fully saturated rings. The maximum absolute atomic E-state index is 10.3. The van der Waals surface area contributed by atoms with Gasteiger partial charge in [0.1, 0.15) is 0 Å². The smallest absolute Gasteiger partial charge is 0.652 e. The van der Waals surface area contributed by atoms with Crippen LogP contribution in [0, 0.1) is 0 Å². The third-order valence-electron chi connectivity index (χ3n) is 1.31. The van der Waals surface area contributed by atoms with Gasteiger partial charge in [-0.25, -0.2) is 0 Å². The fourth-order valence-electron chi connectivity index (χ4n) is 0.855. The summed E-state index contributed by atoms with van der Waals surface area (Å²) in [6.45, 7) is 4.81. The summed E-state index contributed by atoms with van der Waals surface area (Å²) in [7, 11) is 0. The van der Waals surface area contributed by atoms with E-state index >= 15 is 0 Å². The van der Waals surface area contributed by atoms with Crippen LogP contribution in [0.2, 0.25) is 0 Å². The summed E-state index contributed by atoms with van der Waals surface area (Å²) in [5.41, 5.74) is 4.97. The molecule has 0 aliphatic carbocycles. The molecule has 1 aliphatic rings. The van der Waals surface area contributed by atoms with Crippen LogP contribution < -0.4 is 74.6 Å². The Morgan fingerprint density at radius 3 is 2.27 bits per heavy atom. The first-order valence-electron chi connectivity index (χ1n) is 3.76. The number of rotatable bonds is 1. The summed E-state index contributed by atoms with van der Waals surface area (Å²) in [5, 5.41) is 3.96. The molecule has 1 atom stereocenters. The van der Waals surface area contributed by atoms with Gasteiger partial charge in [-0.05, 0) is 0 Å². The van der Waals surface area contributed by atoms with Crippen molar-refractivity contribution in [3.05, 3.63) is 5.32 Å². The predicted molar refractivity (Wildman–Crippen MR) is 41.8 cm³/mol. The van der Waals surface area contributed by atoms with Crippen molar-refractivity contribution in [3.63, 3.8) is 0 Å². The van der Waals surface area contributed by atoms with Crippen LogP contribution in [0.1, 0.15) is 26.7 Å². The largest absolute Gasteiger partial charge is 1.00 e. The van der Waals surface area contributed by atoms with E-state index in [0.717, 1.165) is 19.4 Å². The summed E-state index contributed by atoms with van der Waals surface area (Å²) >= 11 is 0. The van der Waals surface area contributed by atoms with E-state index in [1.54, 1.807) is 0 Å². The number of hydrogen-bond donors (Lipinski definition) is 1. The number of primary amides is 1. The molecule has 2 N–H and O–H groups in total. The number of amides is 1. The second-order valence-electron chi connectivity index (χ2n) is 1.97. The number of carbonyl (C=O) groups excluding carboxylic acids is 1. The molecule has 0 spiro atoms. The van der Waals surface area contributed by atoms with Gasteiger partial charge in [0.15, 0.2) is 5.91 Å². The minimum atomic E-state index is -0.275. The first-order valence-corrected chi connectivity index (χ1v) is 3.76. The first kappa shape index (κ1) is 15.0. The minimum absolute atomic E-state index is 0. The van der Waals surface area contributed by atoms with E-state index in [1.165, 1.54) is 0 Å². The zero-order valence-corrected chi connectivity index (χ0v) is 13.9. The fourth-order valence-corrected chi connectivity index (χ4v) is 0.855. The molecule has 0 saturated carbocycles. The Hall–Kier alpha value is 1.48. The van der Waals surface area contributed by atoms with Crippen molar-refractivity contribution >= 4 is 5.91 Å². The van der Waals surface area contributed by atoms with E-state index in [0.29, 0.717) is 0 Å². The molecule has 0 radical (unpaired) electrons. The van der Waals surface area contributed by atoms with Crippen molar-refractivity contribution < 1.29 is 73.7 Å². The zero-order chi connectivity index (χ0) is 7.98. The van der Waals surface area contributed by atoms with E-state index in [2.05, 4.69) is 5.32 Å². The molecule has 4 heteroatoms. The molecule has 0 aromatic heterocycles. The van der Waals surface area contributed by atoms with Gasteiger partial charge in [0.2, 0.25) is 0 Å². The van der Waals surface area contributed by atoms with Crippen LogP contribution in [0.15, 0.2) is 0 Å². The normalized spacial score (nSPS) is 21.1. The fraction of sp³-hybridized carbons (Fsp3) is 0.857. The topological polar surface area (TPSA) is 57.2 Å². The summed E-state index contributed by atoms with van der Waals surface area (Å²) in [4.78, 5) is 10.3. The molecule has 60 valence electrons. The third kappa shape index (κ3) is 6.63. The second-order valence-corrected chi connectivity index (χ2v) is 1.97. The molecule has 1 rings (SSSR count). The second kappa shape index (κ2) is 9.57. The van der Waals surface area contributed by atoms with Crippen molar-refractivity contribution in [2.24, 2.45) is 5.73 Å². The SMILES string of the molecule is CC.NC(=O)C1CCC[N-]1.[Cs+]. The molecule has 0 bridgehead atoms. The van der Waals surface area contributed by atoms with E-state index in [-0.39, 0.29) is 80.8 Å². The Kier molecular flexibility index (Phi) is 13.0. The molecule has 0 aromatic rings. The molecular weight excluding hydrogens is 261 g/mol. The van der Waals surface area contributed by atoms with Crippen molar-refractivity contribution in [1.29, 1.82) is 0 Å². The van der Waals surface area contributed by atoms with Crippen LogP contribution in [0.5, 0.6) is 0 Å². The number of nitrogens with two attached hydrogens (primary N) is 1. The number of hydrogen-bond acceptors (Lipinski definition) is 1. The van der Waals surface area contributed by atoms with Crippen LogP contribution in [0.25, 0.3) is 5.32 Å². The van der Waals surface area contributed by atoms with Gasteiger partial charge in [-0.15, -0.1) is 6.54 Å². The van der Waals surface area contributed by atoms with Crippen LogP contribution >= 0.6 is 0 Å². The minimum Gasteiger partial charge on any atom is -0.652 e. The molecule has 3 nitrogen and oxygen atoms in total. The molecule has 1 unspecified atom stereocenters. The van der Waals surface area contributed by atoms with E-state index in [9.17, 15) is 4.79 Å². The molecule has 1 heterocycles. The summed E-state index contributed by atoms with van der Waals surface area (Å²) in [5.74, 6) is -0.275. The average molecular weight is 276 g/mol. The average Bonchev–Trinajstić information content (AvgIpc) is 2.42. The van der Waals surface area contributed by atoms with Crippen molar-refractivity contribution in [3.8, 4) is 0 Å². The quantitative estimate of drug-likeness (QED) is 0.594. The van der Waals surface area contributed by atoms with E-state index in [4.69, 9.17) is 5.73 Å².